The highest BCUT2D eigenvalue weighted by atomic mass is 79.9. The summed E-state index contributed by atoms with van der Waals surface area (Å²) in [6.07, 6.45) is 3.44. The molecule has 0 aliphatic carbocycles. The Balaban J connectivity index is 2.20. The minimum absolute atomic E-state index is 0.520. The second kappa shape index (κ2) is 5.79. The molecule has 0 atom stereocenters. The second-order valence-corrected chi connectivity index (χ2v) is 5.48. The van der Waals surface area contributed by atoms with Gasteiger partial charge in [0.25, 0.3) is 0 Å². The first-order valence-corrected chi connectivity index (χ1v) is 7.32. The number of nitrogens with zero attached hydrogens (tertiary/aromatic N) is 3. The number of aromatic amines is 1. The monoisotopic (exact) mass is 362 g/mol. The van der Waals surface area contributed by atoms with Gasteiger partial charge in [-0.1, -0.05) is 0 Å². The second-order valence-electron chi connectivity index (χ2n) is 4.24. The Kier molecular flexibility index (Phi) is 3.85. The Morgan fingerprint density at radius 3 is 2.71 bits per heavy atom. The summed E-state index contributed by atoms with van der Waals surface area (Å²) in [5.74, 6) is 1.46. The molecule has 0 amide bonds. The molecule has 21 heavy (non-hydrogen) atoms. The maximum atomic E-state index is 5.34. The van der Waals surface area contributed by atoms with Crippen LogP contribution in [0.2, 0.25) is 0 Å². The minimum Gasteiger partial charge on any atom is -0.495 e. The predicted octanol–water partition coefficient (Wildman–Crippen LogP) is 3.76. The van der Waals surface area contributed by atoms with Crippen molar-refractivity contribution >= 4 is 28.1 Å². The van der Waals surface area contributed by atoms with Crippen LogP contribution >= 0.6 is 28.1 Å². The largest absolute Gasteiger partial charge is 0.495 e. The molecule has 3 aromatic rings. The van der Waals surface area contributed by atoms with Crippen molar-refractivity contribution in [1.29, 1.82) is 0 Å². The summed E-state index contributed by atoms with van der Waals surface area (Å²) >= 11 is 8.79. The van der Waals surface area contributed by atoms with E-state index in [4.69, 9.17) is 17.0 Å². The quantitative estimate of drug-likeness (QED) is 0.720. The number of methoxy groups -OCH3 is 1. The van der Waals surface area contributed by atoms with Gasteiger partial charge in [0.1, 0.15) is 5.75 Å². The molecule has 2 heterocycles. The molecule has 1 N–H and O–H groups in total. The van der Waals surface area contributed by atoms with Gasteiger partial charge >= 0.3 is 0 Å². The van der Waals surface area contributed by atoms with Crippen LogP contribution in [0.1, 0.15) is 0 Å². The molecule has 0 aliphatic heterocycles. The molecule has 0 radical (unpaired) electrons. The molecular formula is C14H11BrN4OS. The normalized spacial score (nSPS) is 10.6. The van der Waals surface area contributed by atoms with E-state index < -0.39 is 0 Å². The first kappa shape index (κ1) is 14.0. The lowest BCUT2D eigenvalue weighted by atomic mass is 10.2. The number of pyridine rings is 1. The average molecular weight is 363 g/mol. The number of benzene rings is 1. The Hall–Kier alpha value is -1.99. The van der Waals surface area contributed by atoms with Gasteiger partial charge in [0.15, 0.2) is 10.6 Å². The van der Waals surface area contributed by atoms with E-state index in [2.05, 4.69) is 31.1 Å². The number of aromatic nitrogens is 4. The molecule has 0 fully saturated rings. The first-order valence-electron chi connectivity index (χ1n) is 6.12. The SMILES string of the molecule is COc1cc(-n2c(-c3ccncc3)n[nH]c2=S)ccc1Br. The summed E-state index contributed by atoms with van der Waals surface area (Å²) < 4.78 is 8.60. The molecule has 0 saturated carbocycles. The van der Waals surface area contributed by atoms with Crippen LogP contribution in [-0.2, 0) is 0 Å². The van der Waals surface area contributed by atoms with E-state index >= 15 is 0 Å². The lowest BCUT2D eigenvalue weighted by Crippen LogP contribution is -1.98. The third-order valence-corrected chi connectivity index (χ3v) is 3.93. The van der Waals surface area contributed by atoms with E-state index in [1.165, 1.54) is 0 Å². The fourth-order valence-electron chi connectivity index (χ4n) is 2.02. The van der Waals surface area contributed by atoms with Gasteiger partial charge in [0, 0.05) is 24.0 Å². The van der Waals surface area contributed by atoms with Crippen LogP contribution in [0.15, 0.2) is 47.2 Å². The van der Waals surface area contributed by atoms with Crippen molar-refractivity contribution in [2.75, 3.05) is 7.11 Å². The topological polar surface area (TPSA) is 55.7 Å². The maximum absolute atomic E-state index is 5.34. The maximum Gasteiger partial charge on any atom is 0.200 e. The van der Waals surface area contributed by atoms with Gasteiger partial charge in [-0.05, 0) is 52.4 Å². The van der Waals surface area contributed by atoms with E-state index in [9.17, 15) is 0 Å². The number of H-pyrrole nitrogens is 1. The van der Waals surface area contributed by atoms with Gasteiger partial charge in [-0.2, -0.15) is 5.10 Å². The molecule has 0 aliphatic rings. The summed E-state index contributed by atoms with van der Waals surface area (Å²) in [5.41, 5.74) is 1.81. The zero-order valence-corrected chi connectivity index (χ0v) is 13.5. The smallest absolute Gasteiger partial charge is 0.200 e. The fraction of sp³-hybridized carbons (Fsp3) is 0.0714. The zero-order valence-electron chi connectivity index (χ0n) is 11.1. The van der Waals surface area contributed by atoms with Crippen molar-refractivity contribution in [2.45, 2.75) is 0 Å². The molecule has 5 nitrogen and oxygen atoms in total. The standard InChI is InChI=1S/C14H11BrN4OS/c1-20-12-8-10(2-3-11(12)15)19-13(17-18-14(19)21)9-4-6-16-7-5-9/h2-8H,1H3,(H,18,21). The van der Waals surface area contributed by atoms with E-state index in [0.29, 0.717) is 4.77 Å². The van der Waals surface area contributed by atoms with Crippen LogP contribution in [0.4, 0.5) is 0 Å². The van der Waals surface area contributed by atoms with E-state index in [-0.39, 0.29) is 0 Å². The first-order chi connectivity index (χ1) is 10.2. The third kappa shape index (κ3) is 2.62. The zero-order chi connectivity index (χ0) is 14.8. The Bertz CT molecular complexity index is 828. The highest BCUT2D eigenvalue weighted by Gasteiger charge is 2.12. The number of rotatable bonds is 3. The van der Waals surface area contributed by atoms with Gasteiger partial charge in [-0.25, -0.2) is 0 Å². The van der Waals surface area contributed by atoms with Gasteiger partial charge in [-0.15, -0.1) is 0 Å². The van der Waals surface area contributed by atoms with Gasteiger partial charge in [0.05, 0.1) is 17.3 Å². The number of ether oxygens (including phenoxy) is 1. The average Bonchev–Trinajstić information content (AvgIpc) is 2.90. The number of hydrogen-bond acceptors (Lipinski definition) is 4. The molecule has 0 saturated heterocycles. The van der Waals surface area contributed by atoms with Crippen LogP contribution in [0.25, 0.3) is 17.1 Å². The van der Waals surface area contributed by atoms with E-state index in [1.54, 1.807) is 19.5 Å². The Morgan fingerprint density at radius 1 is 1.24 bits per heavy atom. The molecule has 106 valence electrons. The fourth-order valence-corrected chi connectivity index (χ4v) is 2.66. The highest BCUT2D eigenvalue weighted by molar-refractivity contribution is 9.10. The molecule has 7 heteroatoms. The molecule has 1 aromatic carbocycles. The van der Waals surface area contributed by atoms with Crippen LogP contribution < -0.4 is 4.74 Å². The van der Waals surface area contributed by atoms with Crippen LogP contribution in [-0.4, -0.2) is 26.9 Å². The van der Waals surface area contributed by atoms with Gasteiger partial charge in [0.2, 0.25) is 0 Å². The lowest BCUT2D eigenvalue weighted by Gasteiger charge is -2.09. The summed E-state index contributed by atoms with van der Waals surface area (Å²) in [5, 5.41) is 7.13. The molecule has 3 rings (SSSR count). The highest BCUT2D eigenvalue weighted by Crippen LogP contribution is 2.29. The van der Waals surface area contributed by atoms with Crippen LogP contribution in [0.3, 0.4) is 0 Å². The molecular weight excluding hydrogens is 352 g/mol. The Morgan fingerprint density at radius 2 is 2.00 bits per heavy atom. The molecule has 0 bridgehead atoms. The van der Waals surface area contributed by atoms with Crippen LogP contribution in [0, 0.1) is 4.77 Å². The third-order valence-electron chi connectivity index (χ3n) is 3.00. The minimum atomic E-state index is 0.520. The summed E-state index contributed by atoms with van der Waals surface area (Å²) in [4.78, 5) is 4.02. The van der Waals surface area contributed by atoms with Crippen molar-refractivity contribution in [3.63, 3.8) is 0 Å². The summed E-state index contributed by atoms with van der Waals surface area (Å²) in [7, 11) is 1.63. The van der Waals surface area contributed by atoms with E-state index in [1.807, 2.05) is 34.9 Å². The van der Waals surface area contributed by atoms with Crippen molar-refractivity contribution < 1.29 is 4.74 Å². The lowest BCUT2D eigenvalue weighted by molar-refractivity contribution is 0.412. The Labute approximate surface area is 134 Å². The molecule has 0 spiro atoms. The van der Waals surface area contributed by atoms with Crippen molar-refractivity contribution in [3.05, 3.63) is 52.0 Å². The molecule has 2 aromatic heterocycles. The van der Waals surface area contributed by atoms with Gasteiger partial charge in [-0.3, -0.25) is 14.6 Å². The summed E-state index contributed by atoms with van der Waals surface area (Å²) in [6.45, 7) is 0. The number of hydrogen-bond donors (Lipinski definition) is 1. The van der Waals surface area contributed by atoms with Crippen molar-refractivity contribution in [1.82, 2.24) is 19.7 Å². The van der Waals surface area contributed by atoms with Crippen molar-refractivity contribution in [2.24, 2.45) is 0 Å². The predicted molar refractivity (Wildman–Crippen MR) is 86.2 cm³/mol. The van der Waals surface area contributed by atoms with Crippen molar-refractivity contribution in [3.8, 4) is 22.8 Å². The van der Waals surface area contributed by atoms with Crippen LogP contribution in [0.5, 0.6) is 5.75 Å². The summed E-state index contributed by atoms with van der Waals surface area (Å²) in [6, 6.07) is 9.54. The van der Waals surface area contributed by atoms with E-state index in [0.717, 1.165) is 27.3 Å². The molecule has 0 unspecified atom stereocenters. The number of halogens is 1. The number of nitrogens with one attached hydrogen (secondary N) is 1. The van der Waals surface area contributed by atoms with Gasteiger partial charge < -0.3 is 4.74 Å².